The first-order valence-corrected chi connectivity index (χ1v) is 17.2. The van der Waals surface area contributed by atoms with Gasteiger partial charge in [-0.1, -0.05) is 136 Å². The maximum Gasteiger partial charge on any atom is 0.338 e. The summed E-state index contributed by atoms with van der Waals surface area (Å²) in [5.74, 6) is 0. The van der Waals surface area contributed by atoms with Crippen LogP contribution in [-0.2, 0) is 5.41 Å². The zero-order valence-corrected chi connectivity index (χ0v) is 28.4. The smallest absolute Gasteiger partial charge is 0.260 e. The van der Waals surface area contributed by atoms with Crippen molar-refractivity contribution in [2.75, 3.05) is 0 Å². The van der Waals surface area contributed by atoms with E-state index in [0.717, 1.165) is 28.0 Å². The van der Waals surface area contributed by atoms with Crippen molar-refractivity contribution in [2.24, 2.45) is 0 Å². The minimum atomic E-state index is -0.0874. The van der Waals surface area contributed by atoms with Crippen molar-refractivity contribution in [2.45, 2.75) is 26.2 Å². The van der Waals surface area contributed by atoms with Crippen LogP contribution < -0.4 is 5.69 Å². The van der Waals surface area contributed by atoms with Crippen LogP contribution >= 0.6 is 0 Å². The number of hydrogen-bond acceptors (Lipinski definition) is 1. The summed E-state index contributed by atoms with van der Waals surface area (Å²) in [5.41, 5.74) is 9.42. The van der Waals surface area contributed by atoms with E-state index < -0.39 is 0 Å². The fourth-order valence-electron chi connectivity index (χ4n) is 7.61. The molecule has 0 N–H and O–H groups in total. The van der Waals surface area contributed by atoms with Gasteiger partial charge in [0.05, 0.1) is 22.4 Å². The molecule has 1 aromatic heterocycles. The van der Waals surface area contributed by atoms with Crippen LogP contribution in [0.2, 0.25) is 0 Å². The maximum atomic E-state index is 14.1. The molecule has 3 nitrogen and oxygen atoms in total. The SMILES string of the molecule is CC(C)(C)c1ccc2c(-c3ccc4ccccc4c3)c3ccccc3c(-c3ccc(-n4c(=O)n(-c5ccccc5)c5ccccc54)cc3)c2c1. The Labute approximate surface area is 291 Å². The van der Waals surface area contributed by atoms with E-state index in [2.05, 4.69) is 130 Å². The number of fused-ring (bicyclic) bond motifs is 4. The Morgan fingerprint density at radius 1 is 0.420 bits per heavy atom. The van der Waals surface area contributed by atoms with Gasteiger partial charge in [-0.25, -0.2) is 4.79 Å². The second-order valence-corrected chi connectivity index (χ2v) is 14.2. The lowest BCUT2D eigenvalue weighted by Crippen LogP contribution is -2.22. The van der Waals surface area contributed by atoms with E-state index in [1.807, 2.05) is 59.2 Å². The van der Waals surface area contributed by atoms with Crippen molar-refractivity contribution in [3.8, 4) is 33.6 Å². The van der Waals surface area contributed by atoms with Crippen LogP contribution in [0.1, 0.15) is 26.3 Å². The molecule has 0 aliphatic carbocycles. The van der Waals surface area contributed by atoms with Crippen LogP contribution in [0.15, 0.2) is 169 Å². The predicted molar refractivity (Wildman–Crippen MR) is 211 cm³/mol. The fourth-order valence-corrected chi connectivity index (χ4v) is 7.61. The van der Waals surface area contributed by atoms with Crippen molar-refractivity contribution < 1.29 is 0 Å². The molecule has 0 spiro atoms. The minimum Gasteiger partial charge on any atom is -0.260 e. The Morgan fingerprint density at radius 3 is 1.60 bits per heavy atom. The monoisotopic (exact) mass is 644 g/mol. The number of benzene rings is 8. The van der Waals surface area contributed by atoms with Gasteiger partial charge in [0, 0.05) is 0 Å². The third kappa shape index (κ3) is 4.77. The van der Waals surface area contributed by atoms with Gasteiger partial charge in [0.15, 0.2) is 0 Å². The summed E-state index contributed by atoms with van der Waals surface area (Å²) in [4.78, 5) is 14.1. The van der Waals surface area contributed by atoms with Gasteiger partial charge in [0.25, 0.3) is 0 Å². The van der Waals surface area contributed by atoms with E-state index >= 15 is 0 Å². The molecule has 240 valence electrons. The van der Waals surface area contributed by atoms with Crippen LogP contribution in [0, 0.1) is 0 Å². The molecule has 50 heavy (non-hydrogen) atoms. The minimum absolute atomic E-state index is 0.0157. The van der Waals surface area contributed by atoms with Crippen LogP contribution in [-0.4, -0.2) is 9.13 Å². The number of nitrogens with zero attached hydrogens (tertiary/aromatic N) is 2. The standard InChI is InChI=1S/C47H36N2O/c1-47(2,3)35-25-28-40-41(30-35)44(38-17-9-10-18-39(38)45(40)34-22-21-31-13-7-8-14-33(31)29-34)32-23-26-37(27-24-32)49-43-20-12-11-19-42(43)48(46(49)50)36-15-5-4-6-16-36/h4-30H,1-3H3. The summed E-state index contributed by atoms with van der Waals surface area (Å²) in [6.07, 6.45) is 0. The van der Waals surface area contributed by atoms with E-state index in [1.54, 1.807) is 4.57 Å². The van der Waals surface area contributed by atoms with Gasteiger partial charge in [0.1, 0.15) is 0 Å². The highest BCUT2D eigenvalue weighted by Crippen LogP contribution is 2.45. The molecule has 0 amide bonds. The largest absolute Gasteiger partial charge is 0.338 e. The Hall–Kier alpha value is -6.19. The molecule has 9 aromatic rings. The molecule has 8 aromatic carbocycles. The molecule has 0 saturated carbocycles. The summed E-state index contributed by atoms with van der Waals surface area (Å²) in [7, 11) is 0. The predicted octanol–water partition coefficient (Wildman–Crippen LogP) is 11.9. The molecular weight excluding hydrogens is 609 g/mol. The van der Waals surface area contributed by atoms with Gasteiger partial charge in [-0.2, -0.15) is 0 Å². The lowest BCUT2D eigenvalue weighted by Gasteiger charge is -2.23. The van der Waals surface area contributed by atoms with Crippen molar-refractivity contribution in [1.29, 1.82) is 0 Å². The molecule has 1 heterocycles. The third-order valence-corrected chi connectivity index (χ3v) is 10.1. The second kappa shape index (κ2) is 11.5. The summed E-state index contributed by atoms with van der Waals surface area (Å²) in [6.45, 7) is 6.83. The second-order valence-electron chi connectivity index (χ2n) is 14.2. The number of aromatic nitrogens is 2. The first kappa shape index (κ1) is 29.9. The van der Waals surface area contributed by atoms with Gasteiger partial charge in [0.2, 0.25) is 0 Å². The highest BCUT2D eigenvalue weighted by atomic mass is 16.1. The van der Waals surface area contributed by atoms with Gasteiger partial charge in [-0.3, -0.25) is 9.13 Å². The summed E-state index contributed by atoms with van der Waals surface area (Å²) < 4.78 is 3.62. The van der Waals surface area contributed by atoms with Crippen LogP contribution in [0.4, 0.5) is 0 Å². The van der Waals surface area contributed by atoms with Crippen molar-refractivity contribution >= 4 is 43.4 Å². The average molecular weight is 645 g/mol. The molecule has 0 unspecified atom stereocenters. The van der Waals surface area contributed by atoms with E-state index in [1.165, 1.54) is 54.6 Å². The van der Waals surface area contributed by atoms with Gasteiger partial charge >= 0.3 is 5.69 Å². The van der Waals surface area contributed by atoms with Crippen LogP contribution in [0.5, 0.6) is 0 Å². The molecular formula is C47H36N2O. The zero-order valence-electron chi connectivity index (χ0n) is 28.4. The fraction of sp³-hybridized carbons (Fsp3) is 0.0851. The first-order chi connectivity index (χ1) is 24.4. The quantitative estimate of drug-likeness (QED) is 0.175. The van der Waals surface area contributed by atoms with Crippen LogP contribution in [0.3, 0.4) is 0 Å². The Bertz CT molecular complexity index is 2800. The molecule has 0 aliphatic heterocycles. The normalized spacial score (nSPS) is 12.0. The molecule has 9 rings (SSSR count). The zero-order chi connectivity index (χ0) is 34.0. The van der Waals surface area contributed by atoms with E-state index in [-0.39, 0.29) is 11.1 Å². The van der Waals surface area contributed by atoms with Crippen molar-refractivity contribution in [3.05, 3.63) is 180 Å². The first-order valence-electron chi connectivity index (χ1n) is 17.2. The molecule has 3 heteroatoms. The van der Waals surface area contributed by atoms with E-state index in [9.17, 15) is 4.79 Å². The lowest BCUT2D eigenvalue weighted by molar-refractivity contribution is 0.591. The number of rotatable bonds is 4. The van der Waals surface area contributed by atoms with Crippen LogP contribution in [0.25, 0.3) is 77.0 Å². The maximum absolute atomic E-state index is 14.1. The summed E-state index contributed by atoms with van der Waals surface area (Å²) in [5, 5.41) is 7.36. The van der Waals surface area contributed by atoms with Crippen molar-refractivity contribution in [1.82, 2.24) is 9.13 Å². The summed E-state index contributed by atoms with van der Waals surface area (Å²) >= 11 is 0. The summed E-state index contributed by atoms with van der Waals surface area (Å²) in [6, 6.07) is 57.6. The highest BCUT2D eigenvalue weighted by molar-refractivity contribution is 6.22. The van der Waals surface area contributed by atoms with E-state index in [4.69, 9.17) is 0 Å². The number of para-hydroxylation sites is 3. The Balaban J connectivity index is 1.29. The van der Waals surface area contributed by atoms with Gasteiger partial charge in [-0.15, -0.1) is 0 Å². The molecule has 0 aliphatic rings. The van der Waals surface area contributed by atoms with E-state index in [0.29, 0.717) is 0 Å². The Morgan fingerprint density at radius 2 is 0.940 bits per heavy atom. The molecule has 0 saturated heterocycles. The number of imidazole rings is 1. The lowest BCUT2D eigenvalue weighted by atomic mass is 9.81. The Kier molecular flexibility index (Phi) is 6.86. The van der Waals surface area contributed by atoms with Gasteiger partial charge in [-0.05, 0) is 114 Å². The molecule has 0 bridgehead atoms. The highest BCUT2D eigenvalue weighted by Gasteiger charge is 2.21. The average Bonchev–Trinajstić information content (AvgIpc) is 3.45. The van der Waals surface area contributed by atoms with Crippen molar-refractivity contribution in [3.63, 3.8) is 0 Å². The van der Waals surface area contributed by atoms with Gasteiger partial charge < -0.3 is 0 Å². The third-order valence-electron chi connectivity index (χ3n) is 10.1. The number of hydrogen-bond donors (Lipinski definition) is 0. The molecule has 0 fully saturated rings. The molecule has 0 atom stereocenters. The molecule has 0 radical (unpaired) electrons. The topological polar surface area (TPSA) is 26.9 Å².